The molecule has 3 rings (SSSR count). The van der Waals surface area contributed by atoms with Crippen LogP contribution in [0.15, 0.2) is 24.3 Å². The van der Waals surface area contributed by atoms with Crippen molar-refractivity contribution in [3.05, 3.63) is 41.0 Å². The highest BCUT2D eigenvalue weighted by atomic mass is 16.5. The summed E-state index contributed by atoms with van der Waals surface area (Å²) >= 11 is 0. The van der Waals surface area contributed by atoms with Crippen molar-refractivity contribution < 1.29 is 38.4 Å². The normalized spacial score (nSPS) is 17.3. The third-order valence-electron chi connectivity index (χ3n) is 5.65. The van der Waals surface area contributed by atoms with Crippen molar-refractivity contribution in [3.8, 4) is 28.7 Å². The number of fused-ring (bicyclic) bond motifs is 1. The molecule has 0 radical (unpaired) electrons. The number of aliphatic carboxylic acids is 1. The second-order valence-electron chi connectivity index (χ2n) is 7.38. The van der Waals surface area contributed by atoms with E-state index in [9.17, 15) is 14.7 Å². The zero-order valence-corrected chi connectivity index (χ0v) is 19.6. The molecule has 0 saturated heterocycles. The van der Waals surface area contributed by atoms with E-state index in [0.29, 0.717) is 53.1 Å². The number of nitrogens with zero attached hydrogens (tertiary/aromatic N) is 1. The van der Waals surface area contributed by atoms with E-state index >= 15 is 0 Å². The van der Waals surface area contributed by atoms with E-state index in [-0.39, 0.29) is 11.5 Å². The van der Waals surface area contributed by atoms with Gasteiger partial charge in [0.25, 0.3) is 5.91 Å². The molecule has 0 spiro atoms. The summed E-state index contributed by atoms with van der Waals surface area (Å²) in [6, 6.07) is 5.54. The molecule has 9 nitrogen and oxygen atoms in total. The maximum absolute atomic E-state index is 13.4. The minimum Gasteiger partial charge on any atom is -0.496 e. The minimum atomic E-state index is -1.09. The fourth-order valence-electron chi connectivity index (χ4n) is 4.21. The Bertz CT molecular complexity index is 1050. The van der Waals surface area contributed by atoms with E-state index < -0.39 is 17.9 Å². The maximum Gasteiger partial charge on any atom is 0.313 e. The summed E-state index contributed by atoms with van der Waals surface area (Å²) in [4.78, 5) is 27.4. The first-order valence-electron chi connectivity index (χ1n) is 10.6. The highest BCUT2D eigenvalue weighted by Crippen LogP contribution is 2.49. The average Bonchev–Trinajstić information content (AvgIpc) is 2.81. The van der Waals surface area contributed by atoms with Crippen molar-refractivity contribution in [3.63, 3.8) is 0 Å². The summed E-state index contributed by atoms with van der Waals surface area (Å²) in [5, 5.41) is 10.3. The molecule has 0 bridgehead atoms. The Labute approximate surface area is 192 Å². The number of carbonyl (C=O) groups is 2. The summed E-state index contributed by atoms with van der Waals surface area (Å²) in [5.74, 6) is -0.545. The fourth-order valence-corrected chi connectivity index (χ4v) is 4.21. The second-order valence-corrected chi connectivity index (χ2v) is 7.38. The molecule has 0 aromatic heterocycles. The number of carbonyl (C=O) groups excluding carboxylic acids is 1. The van der Waals surface area contributed by atoms with Crippen LogP contribution in [0.2, 0.25) is 0 Å². The van der Waals surface area contributed by atoms with Crippen molar-refractivity contribution in [2.75, 3.05) is 41.6 Å². The molecule has 2 atom stereocenters. The van der Waals surface area contributed by atoms with Crippen molar-refractivity contribution >= 4 is 11.9 Å². The van der Waals surface area contributed by atoms with Crippen LogP contribution in [0, 0.1) is 0 Å². The number of hydrogen-bond donors (Lipinski definition) is 1. The quantitative estimate of drug-likeness (QED) is 0.608. The van der Waals surface area contributed by atoms with Crippen LogP contribution in [0.25, 0.3) is 0 Å². The van der Waals surface area contributed by atoms with Gasteiger partial charge in [0.15, 0.2) is 23.0 Å². The highest BCUT2D eigenvalue weighted by molar-refractivity contribution is 6.01. The Morgan fingerprint density at radius 2 is 1.36 bits per heavy atom. The summed E-state index contributed by atoms with van der Waals surface area (Å²) < 4.78 is 27.6. The van der Waals surface area contributed by atoms with E-state index in [2.05, 4.69) is 0 Å². The second kappa shape index (κ2) is 9.89. The number of carboxylic acids is 1. The molecular formula is C24H29NO8. The first-order chi connectivity index (χ1) is 15.8. The third-order valence-corrected chi connectivity index (χ3v) is 5.65. The number of ether oxygens (including phenoxy) is 5. The molecule has 2 aromatic carbocycles. The predicted octanol–water partition coefficient (Wildman–Crippen LogP) is 3.50. The Balaban J connectivity index is 2.28. The first kappa shape index (κ1) is 24.0. The molecular weight excluding hydrogens is 430 g/mol. The van der Waals surface area contributed by atoms with Crippen LogP contribution in [-0.2, 0) is 4.79 Å². The lowest BCUT2D eigenvalue weighted by molar-refractivity contribution is -0.140. The molecule has 0 fully saturated rings. The number of rotatable bonds is 9. The summed E-state index contributed by atoms with van der Waals surface area (Å²) in [6.45, 7) is 4.37. The summed E-state index contributed by atoms with van der Waals surface area (Å²) in [6.07, 6.45) is 0. The largest absolute Gasteiger partial charge is 0.496 e. The van der Waals surface area contributed by atoms with Gasteiger partial charge >= 0.3 is 5.97 Å². The SMILES string of the molecule is CCOc1cc2c(cc1OCC)[C@H](C(=O)O)[C@@H](c1cc(OC)c(OC)cc1OC)N(C)C2=O. The van der Waals surface area contributed by atoms with Crippen molar-refractivity contribution in [2.45, 2.75) is 25.8 Å². The number of methoxy groups -OCH3 is 3. The Morgan fingerprint density at radius 1 is 0.848 bits per heavy atom. The minimum absolute atomic E-state index is 0.257. The van der Waals surface area contributed by atoms with Crippen LogP contribution >= 0.6 is 0 Å². The topological polar surface area (TPSA) is 104 Å². The van der Waals surface area contributed by atoms with Gasteiger partial charge in [-0.3, -0.25) is 9.59 Å². The van der Waals surface area contributed by atoms with Gasteiger partial charge in [0.05, 0.1) is 40.6 Å². The van der Waals surface area contributed by atoms with Crippen LogP contribution in [-0.4, -0.2) is 63.5 Å². The number of amides is 1. The number of benzene rings is 2. The molecule has 1 aliphatic rings. The zero-order chi connectivity index (χ0) is 24.3. The lowest BCUT2D eigenvalue weighted by Gasteiger charge is -2.39. The van der Waals surface area contributed by atoms with Crippen LogP contribution in [0.4, 0.5) is 0 Å². The van der Waals surface area contributed by atoms with E-state index in [1.54, 1.807) is 31.3 Å². The first-order valence-corrected chi connectivity index (χ1v) is 10.6. The van der Waals surface area contributed by atoms with Gasteiger partial charge in [-0.1, -0.05) is 0 Å². The van der Waals surface area contributed by atoms with Gasteiger partial charge in [-0.25, -0.2) is 0 Å². The lowest BCUT2D eigenvalue weighted by Crippen LogP contribution is -2.42. The van der Waals surface area contributed by atoms with Gasteiger partial charge in [-0.2, -0.15) is 0 Å². The standard InChI is InChI=1S/C24H29NO8/c1-7-32-19-9-13-14(10-20(19)33-8-2)23(26)25(3)22(21(13)24(27)28)15-11-17(30-5)18(31-6)12-16(15)29-4/h9-12,21-22H,7-8H2,1-6H3,(H,27,28)/t21-,22+/m0/s1. The molecule has 9 heteroatoms. The van der Waals surface area contributed by atoms with Crippen LogP contribution in [0.3, 0.4) is 0 Å². The van der Waals surface area contributed by atoms with Gasteiger partial charge in [-0.05, 0) is 37.6 Å². The van der Waals surface area contributed by atoms with Gasteiger partial charge in [0.2, 0.25) is 0 Å². The Hall–Kier alpha value is -3.62. The van der Waals surface area contributed by atoms with Crippen molar-refractivity contribution in [2.24, 2.45) is 0 Å². The zero-order valence-electron chi connectivity index (χ0n) is 19.6. The van der Waals surface area contributed by atoms with Gasteiger partial charge in [-0.15, -0.1) is 0 Å². The maximum atomic E-state index is 13.4. The molecule has 33 heavy (non-hydrogen) atoms. The van der Waals surface area contributed by atoms with Gasteiger partial charge in [0, 0.05) is 24.2 Å². The van der Waals surface area contributed by atoms with Gasteiger partial charge < -0.3 is 33.7 Å². The molecule has 0 aliphatic carbocycles. The number of likely N-dealkylation sites (N-methyl/N-ethyl adjacent to an activating group) is 1. The van der Waals surface area contributed by atoms with Crippen LogP contribution in [0.5, 0.6) is 28.7 Å². The number of carboxylic acid groups (broad SMARTS) is 1. The van der Waals surface area contributed by atoms with Crippen molar-refractivity contribution in [1.82, 2.24) is 4.90 Å². The third kappa shape index (κ3) is 4.22. The fraction of sp³-hybridized carbons (Fsp3) is 0.417. The average molecular weight is 459 g/mol. The molecule has 0 saturated carbocycles. The monoisotopic (exact) mass is 459 g/mol. The summed E-state index contributed by atoms with van der Waals surface area (Å²) in [7, 11) is 6.02. The van der Waals surface area contributed by atoms with Crippen LogP contribution < -0.4 is 23.7 Å². The molecule has 178 valence electrons. The molecule has 0 unspecified atom stereocenters. The predicted molar refractivity (Wildman–Crippen MR) is 120 cm³/mol. The van der Waals surface area contributed by atoms with E-state index in [0.717, 1.165) is 0 Å². The lowest BCUT2D eigenvalue weighted by atomic mass is 9.79. The van der Waals surface area contributed by atoms with E-state index in [1.807, 2.05) is 13.8 Å². The van der Waals surface area contributed by atoms with E-state index in [1.165, 1.54) is 26.2 Å². The smallest absolute Gasteiger partial charge is 0.313 e. The molecule has 1 amide bonds. The Kier molecular flexibility index (Phi) is 7.20. The Morgan fingerprint density at radius 3 is 1.88 bits per heavy atom. The van der Waals surface area contributed by atoms with E-state index in [4.69, 9.17) is 23.7 Å². The molecule has 1 heterocycles. The molecule has 2 aromatic rings. The van der Waals surface area contributed by atoms with Crippen molar-refractivity contribution in [1.29, 1.82) is 0 Å². The molecule has 1 aliphatic heterocycles. The number of hydrogen-bond acceptors (Lipinski definition) is 7. The highest BCUT2D eigenvalue weighted by Gasteiger charge is 2.45. The van der Waals surface area contributed by atoms with Crippen LogP contribution in [0.1, 0.15) is 47.3 Å². The summed E-state index contributed by atoms with van der Waals surface area (Å²) in [5.41, 5.74) is 1.09. The molecule has 1 N–H and O–H groups in total. The van der Waals surface area contributed by atoms with Gasteiger partial charge in [0.1, 0.15) is 11.7 Å².